The topological polar surface area (TPSA) is 56.4 Å². The highest BCUT2D eigenvalue weighted by molar-refractivity contribution is 5.97. The molecule has 4 aromatic rings. The molecule has 0 radical (unpaired) electrons. The molecular weight excluding hydrogens is 410 g/mol. The van der Waals surface area contributed by atoms with Gasteiger partial charge in [0.05, 0.1) is 6.04 Å². The van der Waals surface area contributed by atoms with E-state index < -0.39 is 6.04 Å². The molecule has 0 spiro atoms. The quantitative estimate of drug-likeness (QED) is 0.520. The second kappa shape index (κ2) is 7.62. The molecule has 5 heteroatoms. The van der Waals surface area contributed by atoms with Gasteiger partial charge in [0.1, 0.15) is 12.6 Å². The lowest BCUT2D eigenvalue weighted by atomic mass is 9.85. The number of piperazine rings is 1. The zero-order chi connectivity index (χ0) is 22.5. The normalized spacial score (nSPS) is 20.2. The SMILES string of the molecule is Cc1ccccc1[C@@H]1c2[nH]c3ccccc3c2C[C@H]2C(=O)N(Cc3ccccc3)CC(=O)N12. The van der Waals surface area contributed by atoms with E-state index in [9.17, 15) is 9.59 Å². The van der Waals surface area contributed by atoms with Crippen LogP contribution in [0.5, 0.6) is 0 Å². The number of rotatable bonds is 3. The molecule has 6 rings (SSSR count). The van der Waals surface area contributed by atoms with E-state index in [1.165, 1.54) is 0 Å². The first kappa shape index (κ1) is 19.8. The molecule has 0 saturated carbocycles. The van der Waals surface area contributed by atoms with Gasteiger partial charge in [-0.15, -0.1) is 0 Å². The van der Waals surface area contributed by atoms with Crippen molar-refractivity contribution in [2.45, 2.75) is 32.0 Å². The van der Waals surface area contributed by atoms with Gasteiger partial charge in [-0.2, -0.15) is 0 Å². The molecule has 3 aromatic carbocycles. The number of nitrogens with one attached hydrogen (secondary N) is 1. The summed E-state index contributed by atoms with van der Waals surface area (Å²) in [5, 5.41) is 1.13. The Balaban J connectivity index is 1.48. The molecule has 33 heavy (non-hydrogen) atoms. The second-order valence-corrected chi connectivity index (χ2v) is 9.02. The minimum absolute atomic E-state index is 0.00640. The van der Waals surface area contributed by atoms with Gasteiger partial charge >= 0.3 is 0 Å². The van der Waals surface area contributed by atoms with Crippen LogP contribution in [0.3, 0.4) is 0 Å². The fourth-order valence-electron chi connectivity index (χ4n) is 5.48. The maximum Gasteiger partial charge on any atom is 0.246 e. The number of amides is 2. The first-order valence-corrected chi connectivity index (χ1v) is 11.4. The average molecular weight is 436 g/mol. The van der Waals surface area contributed by atoms with Gasteiger partial charge in [0.25, 0.3) is 0 Å². The number of carbonyl (C=O) groups is 2. The van der Waals surface area contributed by atoms with Gasteiger partial charge in [-0.05, 0) is 35.2 Å². The van der Waals surface area contributed by atoms with E-state index in [4.69, 9.17) is 0 Å². The highest BCUT2D eigenvalue weighted by Crippen LogP contribution is 2.43. The van der Waals surface area contributed by atoms with Crippen LogP contribution in [0.15, 0.2) is 78.9 Å². The predicted molar refractivity (Wildman–Crippen MR) is 128 cm³/mol. The van der Waals surface area contributed by atoms with Crippen LogP contribution in [-0.2, 0) is 22.6 Å². The van der Waals surface area contributed by atoms with Crippen LogP contribution in [0.25, 0.3) is 10.9 Å². The van der Waals surface area contributed by atoms with E-state index in [2.05, 4.69) is 36.2 Å². The number of fused-ring (bicyclic) bond motifs is 4. The lowest BCUT2D eigenvalue weighted by Crippen LogP contribution is -2.62. The van der Waals surface area contributed by atoms with Crippen LogP contribution in [0.4, 0.5) is 0 Å². The Morgan fingerprint density at radius 3 is 2.45 bits per heavy atom. The highest BCUT2D eigenvalue weighted by atomic mass is 16.2. The summed E-state index contributed by atoms with van der Waals surface area (Å²) < 4.78 is 0. The number of aryl methyl sites for hydroxylation is 1. The second-order valence-electron chi connectivity index (χ2n) is 9.02. The van der Waals surface area contributed by atoms with Crippen molar-refractivity contribution in [2.24, 2.45) is 0 Å². The minimum Gasteiger partial charge on any atom is -0.356 e. The molecule has 1 saturated heterocycles. The summed E-state index contributed by atoms with van der Waals surface area (Å²) in [5.41, 5.74) is 6.42. The van der Waals surface area contributed by atoms with Crippen molar-refractivity contribution in [3.05, 3.63) is 107 Å². The molecule has 1 N–H and O–H groups in total. The Labute approximate surface area is 192 Å². The fourth-order valence-corrected chi connectivity index (χ4v) is 5.48. The third kappa shape index (κ3) is 3.15. The molecule has 164 valence electrons. The van der Waals surface area contributed by atoms with Crippen LogP contribution in [0, 0.1) is 6.92 Å². The maximum absolute atomic E-state index is 13.8. The lowest BCUT2D eigenvalue weighted by molar-refractivity contribution is -0.159. The number of aromatic nitrogens is 1. The molecule has 0 unspecified atom stereocenters. The molecule has 1 fully saturated rings. The molecule has 0 bridgehead atoms. The van der Waals surface area contributed by atoms with E-state index in [-0.39, 0.29) is 24.4 Å². The van der Waals surface area contributed by atoms with Crippen LogP contribution >= 0.6 is 0 Å². The smallest absolute Gasteiger partial charge is 0.246 e. The van der Waals surface area contributed by atoms with Gasteiger partial charge in [0.15, 0.2) is 0 Å². The molecule has 2 aliphatic rings. The maximum atomic E-state index is 13.8. The standard InChI is InChI=1S/C28H25N3O2/c1-18-9-5-6-12-20(18)27-26-22(21-13-7-8-14-23(21)29-26)15-24-28(33)30(17-25(32)31(24)27)16-19-10-3-2-4-11-19/h2-14,24,27,29H,15-17H2,1H3/t24-,27+/m0/s1. The molecule has 0 aliphatic carbocycles. The van der Waals surface area contributed by atoms with Crippen molar-refractivity contribution < 1.29 is 9.59 Å². The third-order valence-corrected chi connectivity index (χ3v) is 7.04. The van der Waals surface area contributed by atoms with Gasteiger partial charge in [0, 0.05) is 29.6 Å². The van der Waals surface area contributed by atoms with Gasteiger partial charge in [0.2, 0.25) is 11.8 Å². The Morgan fingerprint density at radius 1 is 0.909 bits per heavy atom. The number of hydrogen-bond donors (Lipinski definition) is 1. The van der Waals surface area contributed by atoms with Crippen LogP contribution in [0.1, 0.15) is 34.0 Å². The largest absolute Gasteiger partial charge is 0.356 e. The average Bonchev–Trinajstić information content (AvgIpc) is 3.21. The summed E-state index contributed by atoms with van der Waals surface area (Å²) in [4.78, 5) is 34.5. The Kier molecular flexibility index (Phi) is 4.57. The fraction of sp³-hybridized carbons (Fsp3) is 0.214. The van der Waals surface area contributed by atoms with E-state index in [1.807, 2.05) is 59.5 Å². The zero-order valence-electron chi connectivity index (χ0n) is 18.5. The number of hydrogen-bond acceptors (Lipinski definition) is 2. The number of benzene rings is 3. The van der Waals surface area contributed by atoms with Crippen molar-refractivity contribution in [1.29, 1.82) is 0 Å². The van der Waals surface area contributed by atoms with E-state index in [0.29, 0.717) is 13.0 Å². The number of aromatic amines is 1. The Morgan fingerprint density at radius 2 is 1.64 bits per heavy atom. The van der Waals surface area contributed by atoms with Crippen molar-refractivity contribution >= 4 is 22.7 Å². The monoisotopic (exact) mass is 435 g/mol. The van der Waals surface area contributed by atoms with E-state index >= 15 is 0 Å². The lowest BCUT2D eigenvalue weighted by Gasteiger charge is -2.47. The van der Waals surface area contributed by atoms with Gasteiger partial charge in [-0.1, -0.05) is 72.8 Å². The van der Waals surface area contributed by atoms with Gasteiger partial charge in [-0.3, -0.25) is 9.59 Å². The van der Waals surface area contributed by atoms with Crippen molar-refractivity contribution in [3.63, 3.8) is 0 Å². The molecule has 5 nitrogen and oxygen atoms in total. The third-order valence-electron chi connectivity index (χ3n) is 7.04. The van der Waals surface area contributed by atoms with Gasteiger partial charge < -0.3 is 14.8 Å². The molecule has 1 aromatic heterocycles. The molecule has 2 atom stereocenters. The van der Waals surface area contributed by atoms with Crippen LogP contribution < -0.4 is 0 Å². The Bertz CT molecular complexity index is 1370. The molecule has 3 heterocycles. The summed E-state index contributed by atoms with van der Waals surface area (Å²) >= 11 is 0. The molecule has 2 amide bonds. The predicted octanol–water partition coefficient (Wildman–Crippen LogP) is 4.36. The highest BCUT2D eigenvalue weighted by Gasteiger charge is 2.48. The molecule has 2 aliphatic heterocycles. The Hall–Kier alpha value is -3.86. The van der Waals surface area contributed by atoms with Gasteiger partial charge in [-0.25, -0.2) is 0 Å². The van der Waals surface area contributed by atoms with Crippen LogP contribution in [0.2, 0.25) is 0 Å². The number of nitrogens with zero attached hydrogens (tertiary/aromatic N) is 2. The zero-order valence-corrected chi connectivity index (χ0v) is 18.5. The summed E-state index contributed by atoms with van der Waals surface area (Å²) in [5.74, 6) is 0.0149. The summed E-state index contributed by atoms with van der Waals surface area (Å²) in [7, 11) is 0. The molecular formula is C28H25N3O2. The van der Waals surface area contributed by atoms with E-state index in [0.717, 1.165) is 38.9 Å². The first-order chi connectivity index (χ1) is 16.1. The number of carbonyl (C=O) groups excluding carboxylic acids is 2. The minimum atomic E-state index is -0.508. The summed E-state index contributed by atoms with van der Waals surface area (Å²) in [6, 6.07) is 25.4. The van der Waals surface area contributed by atoms with Crippen molar-refractivity contribution in [2.75, 3.05) is 6.54 Å². The number of para-hydroxylation sites is 1. The summed E-state index contributed by atoms with van der Waals surface area (Å²) in [6.45, 7) is 2.62. The van der Waals surface area contributed by atoms with E-state index in [1.54, 1.807) is 4.90 Å². The number of H-pyrrole nitrogens is 1. The summed E-state index contributed by atoms with van der Waals surface area (Å²) in [6.07, 6.45) is 0.525. The van der Waals surface area contributed by atoms with Crippen molar-refractivity contribution in [1.82, 2.24) is 14.8 Å². The first-order valence-electron chi connectivity index (χ1n) is 11.4. The van der Waals surface area contributed by atoms with Crippen molar-refractivity contribution in [3.8, 4) is 0 Å². The van der Waals surface area contributed by atoms with Crippen LogP contribution in [-0.4, -0.2) is 39.2 Å².